The third kappa shape index (κ3) is 4.06. The summed E-state index contributed by atoms with van der Waals surface area (Å²) in [5.41, 5.74) is 1.57. The predicted octanol–water partition coefficient (Wildman–Crippen LogP) is 4.08. The zero-order valence-electron chi connectivity index (χ0n) is 17.5. The number of benzene rings is 2. The first-order valence-corrected chi connectivity index (χ1v) is 10.3. The van der Waals surface area contributed by atoms with E-state index in [1.54, 1.807) is 72.6 Å². The smallest absolute Gasteiger partial charge is 0.259 e. The van der Waals surface area contributed by atoms with Crippen LogP contribution in [-0.4, -0.2) is 49.3 Å². The highest BCUT2D eigenvalue weighted by Crippen LogP contribution is 2.42. The Morgan fingerprint density at radius 1 is 1.31 bits per heavy atom. The third-order valence-electron chi connectivity index (χ3n) is 5.15. The summed E-state index contributed by atoms with van der Waals surface area (Å²) in [5, 5.41) is 13.0. The van der Waals surface area contributed by atoms with Gasteiger partial charge in [-0.15, -0.1) is 0 Å². The van der Waals surface area contributed by atoms with Gasteiger partial charge in [-0.05, 0) is 42.5 Å². The fraction of sp³-hybridized carbons (Fsp3) is 0.217. The number of nitrogens with zero attached hydrogens (tertiary/aromatic N) is 3. The summed E-state index contributed by atoms with van der Waals surface area (Å²) in [6, 6.07) is 12.6. The maximum atomic E-state index is 14.3. The number of aliphatic hydroxyl groups is 1. The highest BCUT2D eigenvalue weighted by Gasteiger charge is 2.33. The van der Waals surface area contributed by atoms with E-state index < -0.39 is 17.8 Å². The van der Waals surface area contributed by atoms with Crippen molar-refractivity contribution in [3.05, 3.63) is 71.1 Å². The molecule has 1 aliphatic heterocycles. The standard InChI is InChI=1S/C23H22ClFN4O3/c1-28(2)19-9-8-14(11-18(19)25)27-23(31)16-5-3-7-20-21(16)32-13-15(12-30)29(20)22-17(24)6-4-10-26-22/h3-11,15,30H,12-13H2,1-2H3,(H,27,31)/t15-/m0/s1. The summed E-state index contributed by atoms with van der Waals surface area (Å²) < 4.78 is 20.2. The van der Waals surface area contributed by atoms with E-state index in [1.165, 1.54) is 6.07 Å². The quantitative estimate of drug-likeness (QED) is 0.602. The summed E-state index contributed by atoms with van der Waals surface area (Å²) in [7, 11) is 3.48. The molecule has 2 heterocycles. The molecule has 2 N–H and O–H groups in total. The normalized spacial score (nSPS) is 15.0. The van der Waals surface area contributed by atoms with Gasteiger partial charge in [0.05, 0.1) is 34.6 Å². The second-order valence-corrected chi connectivity index (χ2v) is 7.90. The van der Waals surface area contributed by atoms with E-state index in [2.05, 4.69) is 10.3 Å². The average Bonchev–Trinajstić information content (AvgIpc) is 2.78. The van der Waals surface area contributed by atoms with Crippen LogP contribution in [0.15, 0.2) is 54.7 Å². The molecular formula is C23H22ClFN4O3. The number of rotatable bonds is 5. The summed E-state index contributed by atoms with van der Waals surface area (Å²) in [4.78, 5) is 20.8. The van der Waals surface area contributed by atoms with Crippen molar-refractivity contribution in [2.24, 2.45) is 0 Å². The summed E-state index contributed by atoms with van der Waals surface area (Å²) >= 11 is 6.36. The van der Waals surface area contributed by atoms with Crippen molar-refractivity contribution in [3.8, 4) is 5.75 Å². The molecule has 1 amide bonds. The molecule has 1 atom stereocenters. The number of amides is 1. The fourth-order valence-electron chi connectivity index (χ4n) is 3.62. The molecule has 0 bridgehead atoms. The number of carbonyl (C=O) groups is 1. The lowest BCUT2D eigenvalue weighted by atomic mass is 10.1. The average molecular weight is 457 g/mol. The van der Waals surface area contributed by atoms with Crippen LogP contribution in [0.2, 0.25) is 5.02 Å². The first-order chi connectivity index (χ1) is 15.4. The second-order valence-electron chi connectivity index (χ2n) is 7.49. The molecule has 0 aliphatic carbocycles. The molecule has 1 aromatic heterocycles. The largest absolute Gasteiger partial charge is 0.488 e. The van der Waals surface area contributed by atoms with Gasteiger partial charge in [0.2, 0.25) is 0 Å². The molecule has 0 saturated carbocycles. The Labute approximate surface area is 190 Å². The Kier molecular flexibility index (Phi) is 6.16. The Morgan fingerprint density at radius 3 is 2.81 bits per heavy atom. The van der Waals surface area contributed by atoms with Crippen LogP contribution < -0.4 is 19.9 Å². The molecule has 9 heteroatoms. The zero-order chi connectivity index (χ0) is 22.8. The number of para-hydroxylation sites is 1. The van der Waals surface area contributed by atoms with Crippen molar-refractivity contribution in [2.75, 3.05) is 42.4 Å². The lowest BCUT2D eigenvalue weighted by molar-refractivity contribution is 0.102. The van der Waals surface area contributed by atoms with Crippen LogP contribution in [0.3, 0.4) is 0 Å². The first-order valence-electron chi connectivity index (χ1n) is 9.95. The number of pyridine rings is 1. The Bertz CT molecular complexity index is 1160. The van der Waals surface area contributed by atoms with Gasteiger partial charge in [-0.3, -0.25) is 4.79 Å². The van der Waals surface area contributed by atoms with E-state index in [-0.39, 0.29) is 18.8 Å². The second kappa shape index (κ2) is 9.02. The molecule has 0 spiro atoms. The molecule has 166 valence electrons. The highest BCUT2D eigenvalue weighted by molar-refractivity contribution is 6.33. The van der Waals surface area contributed by atoms with Gasteiger partial charge in [0.1, 0.15) is 12.4 Å². The topological polar surface area (TPSA) is 77.9 Å². The zero-order valence-corrected chi connectivity index (χ0v) is 18.3. The van der Waals surface area contributed by atoms with Gasteiger partial charge >= 0.3 is 0 Å². The van der Waals surface area contributed by atoms with E-state index in [4.69, 9.17) is 16.3 Å². The maximum absolute atomic E-state index is 14.3. The van der Waals surface area contributed by atoms with Crippen molar-refractivity contribution in [1.82, 2.24) is 4.98 Å². The van der Waals surface area contributed by atoms with E-state index >= 15 is 0 Å². The molecular weight excluding hydrogens is 435 g/mol. The molecule has 1 aliphatic rings. The van der Waals surface area contributed by atoms with Crippen LogP contribution >= 0.6 is 11.6 Å². The molecule has 0 saturated heterocycles. The van der Waals surface area contributed by atoms with E-state index in [0.717, 1.165) is 0 Å². The SMILES string of the molecule is CN(C)c1ccc(NC(=O)c2cccc3c2OC[C@H](CO)N3c2ncccc2Cl)cc1F. The number of aromatic nitrogens is 1. The van der Waals surface area contributed by atoms with Gasteiger partial charge in [-0.1, -0.05) is 17.7 Å². The van der Waals surface area contributed by atoms with Crippen LogP contribution in [0, 0.1) is 5.82 Å². The molecule has 4 rings (SSSR count). The van der Waals surface area contributed by atoms with Gasteiger partial charge in [-0.2, -0.15) is 0 Å². The minimum Gasteiger partial charge on any atom is -0.488 e. The number of halogens is 2. The van der Waals surface area contributed by atoms with Crippen molar-refractivity contribution >= 4 is 40.4 Å². The first kappa shape index (κ1) is 21.9. The number of ether oxygens (including phenoxy) is 1. The number of carbonyl (C=O) groups excluding carboxylic acids is 1. The third-order valence-corrected chi connectivity index (χ3v) is 5.44. The summed E-state index contributed by atoms with van der Waals surface area (Å²) in [5.74, 6) is -0.104. The van der Waals surface area contributed by atoms with E-state index in [0.29, 0.717) is 33.7 Å². The Hall–Kier alpha value is -3.36. The number of hydrogen-bond acceptors (Lipinski definition) is 6. The van der Waals surface area contributed by atoms with Gasteiger partial charge < -0.3 is 25.0 Å². The van der Waals surface area contributed by atoms with Crippen molar-refractivity contribution in [2.45, 2.75) is 6.04 Å². The molecule has 0 fully saturated rings. The van der Waals surface area contributed by atoms with Gasteiger partial charge in [-0.25, -0.2) is 9.37 Å². The minimum atomic E-state index is -0.451. The number of aliphatic hydroxyl groups excluding tert-OH is 1. The minimum absolute atomic E-state index is 0.132. The van der Waals surface area contributed by atoms with Crippen molar-refractivity contribution < 1.29 is 19.0 Å². The van der Waals surface area contributed by atoms with Crippen LogP contribution in [0.5, 0.6) is 5.75 Å². The summed E-state index contributed by atoms with van der Waals surface area (Å²) in [6.07, 6.45) is 1.60. The van der Waals surface area contributed by atoms with Crippen molar-refractivity contribution in [3.63, 3.8) is 0 Å². The summed E-state index contributed by atoms with van der Waals surface area (Å²) in [6.45, 7) is -0.0624. The predicted molar refractivity (Wildman–Crippen MR) is 123 cm³/mol. The van der Waals surface area contributed by atoms with Crippen molar-refractivity contribution in [1.29, 1.82) is 0 Å². The van der Waals surface area contributed by atoms with E-state index in [9.17, 15) is 14.3 Å². The fourth-order valence-corrected chi connectivity index (χ4v) is 3.83. The number of anilines is 4. The lowest BCUT2D eigenvalue weighted by Gasteiger charge is -2.37. The molecule has 7 nitrogen and oxygen atoms in total. The Balaban J connectivity index is 1.69. The van der Waals surface area contributed by atoms with Crippen LogP contribution in [-0.2, 0) is 0 Å². The Morgan fingerprint density at radius 2 is 2.12 bits per heavy atom. The monoisotopic (exact) mass is 456 g/mol. The maximum Gasteiger partial charge on any atom is 0.259 e. The number of fused-ring (bicyclic) bond motifs is 1. The lowest BCUT2D eigenvalue weighted by Crippen LogP contribution is -2.43. The highest BCUT2D eigenvalue weighted by atomic mass is 35.5. The number of nitrogens with one attached hydrogen (secondary N) is 1. The van der Waals surface area contributed by atoms with Crippen LogP contribution in [0.4, 0.5) is 27.3 Å². The molecule has 0 unspecified atom stereocenters. The number of hydrogen-bond donors (Lipinski definition) is 2. The molecule has 3 aromatic rings. The molecule has 0 radical (unpaired) electrons. The van der Waals surface area contributed by atoms with Crippen LogP contribution in [0.1, 0.15) is 10.4 Å². The molecule has 2 aromatic carbocycles. The van der Waals surface area contributed by atoms with Crippen LogP contribution in [0.25, 0.3) is 0 Å². The molecule has 32 heavy (non-hydrogen) atoms. The van der Waals surface area contributed by atoms with Gasteiger partial charge in [0, 0.05) is 26.0 Å². The van der Waals surface area contributed by atoms with E-state index in [1.807, 2.05) is 0 Å². The van der Waals surface area contributed by atoms with Gasteiger partial charge in [0.15, 0.2) is 11.6 Å². The van der Waals surface area contributed by atoms with Gasteiger partial charge in [0.25, 0.3) is 5.91 Å².